The maximum absolute atomic E-state index is 12.5. The fourth-order valence-electron chi connectivity index (χ4n) is 2.82. The first-order chi connectivity index (χ1) is 11.7. The number of amides is 1. The van der Waals surface area contributed by atoms with Crippen molar-refractivity contribution in [3.63, 3.8) is 0 Å². The molecular weight excluding hydrogens is 326 g/mol. The Morgan fingerprint density at radius 1 is 1.21 bits per heavy atom. The van der Waals surface area contributed by atoms with E-state index < -0.39 is 0 Å². The number of hydrogen-bond donors (Lipinski definition) is 0. The van der Waals surface area contributed by atoms with E-state index in [1.807, 2.05) is 11.8 Å². The third-order valence-electron chi connectivity index (χ3n) is 4.10. The Morgan fingerprint density at radius 3 is 2.67 bits per heavy atom. The average Bonchev–Trinajstić information content (AvgIpc) is 2.87. The van der Waals surface area contributed by atoms with Crippen molar-refractivity contribution in [3.05, 3.63) is 22.9 Å². The molecule has 3 heterocycles. The fraction of sp³-hybridized carbons (Fsp3) is 0.562. The van der Waals surface area contributed by atoms with E-state index in [0.29, 0.717) is 16.2 Å². The van der Waals surface area contributed by atoms with Crippen LogP contribution >= 0.6 is 11.8 Å². The summed E-state index contributed by atoms with van der Waals surface area (Å²) in [6.45, 7) is 3.58. The van der Waals surface area contributed by atoms with Gasteiger partial charge in [-0.1, -0.05) is 31.5 Å². The summed E-state index contributed by atoms with van der Waals surface area (Å²) < 4.78 is 1.35. The van der Waals surface area contributed by atoms with Gasteiger partial charge in [-0.15, -0.1) is 0 Å². The Balaban J connectivity index is 1.82. The van der Waals surface area contributed by atoms with Gasteiger partial charge in [0.25, 0.3) is 5.56 Å². The molecule has 0 atom stereocenters. The van der Waals surface area contributed by atoms with E-state index in [0.717, 1.165) is 44.5 Å². The number of aromatic nitrogens is 4. The van der Waals surface area contributed by atoms with Crippen molar-refractivity contribution in [3.8, 4) is 0 Å². The monoisotopic (exact) mass is 347 g/mol. The molecule has 128 valence electrons. The van der Waals surface area contributed by atoms with E-state index in [1.165, 1.54) is 28.9 Å². The predicted molar refractivity (Wildman–Crippen MR) is 93.0 cm³/mol. The number of carbonyl (C=O) groups is 1. The second-order valence-electron chi connectivity index (χ2n) is 5.80. The molecule has 7 nitrogen and oxygen atoms in total. The van der Waals surface area contributed by atoms with Crippen LogP contribution in [0.2, 0.25) is 0 Å². The second-order valence-corrected chi connectivity index (χ2v) is 7.03. The largest absolute Gasteiger partial charge is 0.341 e. The van der Waals surface area contributed by atoms with Crippen LogP contribution in [0.5, 0.6) is 0 Å². The van der Waals surface area contributed by atoms with Gasteiger partial charge in [0.05, 0.1) is 0 Å². The smallest absolute Gasteiger partial charge is 0.264 e. The summed E-state index contributed by atoms with van der Waals surface area (Å²) in [4.78, 5) is 39.5. The van der Waals surface area contributed by atoms with Gasteiger partial charge in [-0.3, -0.25) is 14.2 Å². The molecule has 8 heteroatoms. The molecule has 0 N–H and O–H groups in total. The topological polar surface area (TPSA) is 81.0 Å². The van der Waals surface area contributed by atoms with Crippen molar-refractivity contribution in [2.75, 3.05) is 18.8 Å². The number of nitrogens with zero attached hydrogens (tertiary/aromatic N) is 5. The molecule has 1 saturated heterocycles. The van der Waals surface area contributed by atoms with Crippen LogP contribution in [0.25, 0.3) is 11.0 Å². The van der Waals surface area contributed by atoms with Crippen molar-refractivity contribution < 1.29 is 4.79 Å². The Bertz CT molecular complexity index is 784. The van der Waals surface area contributed by atoms with E-state index in [9.17, 15) is 9.59 Å². The van der Waals surface area contributed by atoms with Crippen molar-refractivity contribution in [2.24, 2.45) is 0 Å². The van der Waals surface area contributed by atoms with Crippen LogP contribution in [-0.4, -0.2) is 49.2 Å². The molecule has 2 aromatic rings. The van der Waals surface area contributed by atoms with Crippen molar-refractivity contribution >= 4 is 28.7 Å². The van der Waals surface area contributed by atoms with Crippen LogP contribution in [0.3, 0.4) is 0 Å². The highest BCUT2D eigenvalue weighted by Crippen LogP contribution is 2.14. The molecule has 0 bridgehead atoms. The van der Waals surface area contributed by atoms with E-state index in [2.05, 4.69) is 15.0 Å². The molecule has 0 spiro atoms. The molecular formula is C16H21N5O2S. The highest BCUT2D eigenvalue weighted by Gasteiger charge is 2.17. The minimum absolute atomic E-state index is 0.0211. The molecule has 0 unspecified atom stereocenters. The number of rotatable bonds is 4. The van der Waals surface area contributed by atoms with Crippen LogP contribution < -0.4 is 5.56 Å². The lowest BCUT2D eigenvalue weighted by atomic mass is 10.2. The number of hydrogen-bond acceptors (Lipinski definition) is 6. The molecule has 24 heavy (non-hydrogen) atoms. The average molecular weight is 347 g/mol. The molecule has 1 amide bonds. The zero-order valence-electron chi connectivity index (χ0n) is 13.8. The first-order valence-electron chi connectivity index (χ1n) is 8.32. The third kappa shape index (κ3) is 3.75. The first kappa shape index (κ1) is 16.9. The Kier molecular flexibility index (Phi) is 5.44. The quantitative estimate of drug-likeness (QED) is 0.618. The Morgan fingerprint density at radius 2 is 1.96 bits per heavy atom. The highest BCUT2D eigenvalue weighted by atomic mass is 32.2. The summed E-state index contributed by atoms with van der Waals surface area (Å²) in [6, 6.07) is 0. The van der Waals surface area contributed by atoms with Gasteiger partial charge in [-0.25, -0.2) is 15.0 Å². The van der Waals surface area contributed by atoms with Gasteiger partial charge in [0.2, 0.25) is 5.91 Å². The molecule has 1 fully saturated rings. The molecule has 0 saturated carbocycles. The van der Waals surface area contributed by atoms with Crippen LogP contribution in [0.1, 0.15) is 32.6 Å². The number of likely N-dealkylation sites (tertiary alicyclic amines) is 1. The summed E-state index contributed by atoms with van der Waals surface area (Å²) in [5.41, 5.74) is 0.112. The fourth-order valence-corrected chi connectivity index (χ4v) is 3.35. The third-order valence-corrected chi connectivity index (χ3v) is 4.84. The molecule has 2 aromatic heterocycles. The lowest BCUT2D eigenvalue weighted by Crippen LogP contribution is -2.37. The van der Waals surface area contributed by atoms with Crippen molar-refractivity contribution in [1.82, 2.24) is 24.4 Å². The Labute approximate surface area is 144 Å². The van der Waals surface area contributed by atoms with E-state index in [4.69, 9.17) is 0 Å². The van der Waals surface area contributed by atoms with Gasteiger partial charge in [0.1, 0.15) is 18.3 Å². The lowest BCUT2D eigenvalue weighted by molar-refractivity contribution is -0.131. The van der Waals surface area contributed by atoms with Crippen LogP contribution in [0.15, 0.2) is 22.5 Å². The maximum atomic E-state index is 12.5. The van der Waals surface area contributed by atoms with Gasteiger partial charge in [0, 0.05) is 19.3 Å². The summed E-state index contributed by atoms with van der Waals surface area (Å²) in [6.07, 6.45) is 7.30. The normalized spacial score (nSPS) is 15.5. The molecule has 1 aliphatic heterocycles. The summed E-state index contributed by atoms with van der Waals surface area (Å²) in [7, 11) is 0. The van der Waals surface area contributed by atoms with E-state index >= 15 is 0 Å². The zero-order valence-corrected chi connectivity index (χ0v) is 14.6. The lowest BCUT2D eigenvalue weighted by Gasteiger charge is -2.20. The summed E-state index contributed by atoms with van der Waals surface area (Å²) in [5, 5.41) is 0.955. The minimum Gasteiger partial charge on any atom is -0.341 e. The van der Waals surface area contributed by atoms with E-state index in [-0.39, 0.29) is 18.0 Å². The van der Waals surface area contributed by atoms with Gasteiger partial charge in [-0.05, 0) is 18.6 Å². The molecule has 0 aliphatic carbocycles. The van der Waals surface area contributed by atoms with Gasteiger partial charge < -0.3 is 4.90 Å². The zero-order chi connectivity index (χ0) is 16.9. The van der Waals surface area contributed by atoms with Crippen LogP contribution in [0.4, 0.5) is 0 Å². The highest BCUT2D eigenvalue weighted by molar-refractivity contribution is 7.99. The van der Waals surface area contributed by atoms with Crippen molar-refractivity contribution in [1.29, 1.82) is 0 Å². The molecule has 3 rings (SSSR count). The Hall–Kier alpha value is -1.96. The molecule has 0 aromatic carbocycles. The predicted octanol–water partition coefficient (Wildman–Crippen LogP) is 1.70. The second kappa shape index (κ2) is 7.74. The van der Waals surface area contributed by atoms with Crippen LogP contribution in [-0.2, 0) is 11.3 Å². The SMILES string of the molecule is CCSc1ncc2c(=O)n(CC(=O)N3CCCCCC3)cnc2n1. The van der Waals surface area contributed by atoms with Crippen molar-refractivity contribution in [2.45, 2.75) is 44.3 Å². The first-order valence-corrected chi connectivity index (χ1v) is 9.30. The summed E-state index contributed by atoms with van der Waals surface area (Å²) in [5.74, 6) is 0.826. The van der Waals surface area contributed by atoms with Gasteiger partial charge in [0.15, 0.2) is 10.8 Å². The molecule has 0 radical (unpaired) electrons. The number of thioether (sulfide) groups is 1. The van der Waals surface area contributed by atoms with Crippen LogP contribution in [0, 0.1) is 0 Å². The van der Waals surface area contributed by atoms with Gasteiger partial charge >= 0.3 is 0 Å². The van der Waals surface area contributed by atoms with E-state index in [1.54, 1.807) is 0 Å². The number of carbonyl (C=O) groups excluding carboxylic acids is 1. The molecule has 1 aliphatic rings. The standard InChI is InChI=1S/C16H21N5O2S/c1-2-24-16-17-9-12-14(19-16)18-11-21(15(12)23)10-13(22)20-7-5-3-4-6-8-20/h9,11H,2-8,10H2,1H3. The van der Waals surface area contributed by atoms with Gasteiger partial charge in [-0.2, -0.15) is 0 Å². The maximum Gasteiger partial charge on any atom is 0.264 e. The summed E-state index contributed by atoms with van der Waals surface area (Å²) >= 11 is 1.50. The minimum atomic E-state index is -0.267. The number of fused-ring (bicyclic) bond motifs is 1.